The van der Waals surface area contributed by atoms with E-state index < -0.39 is 0 Å². The maximum atomic E-state index is 12.0. The van der Waals surface area contributed by atoms with Crippen molar-refractivity contribution in [2.45, 2.75) is 19.3 Å². The van der Waals surface area contributed by atoms with Gasteiger partial charge in [-0.15, -0.1) is 0 Å². The van der Waals surface area contributed by atoms with E-state index >= 15 is 0 Å². The van der Waals surface area contributed by atoms with Crippen LogP contribution < -0.4 is 5.32 Å². The Hall–Kier alpha value is -2.32. The third-order valence-corrected chi connectivity index (χ3v) is 4.33. The van der Waals surface area contributed by atoms with Gasteiger partial charge < -0.3 is 19.5 Å². The summed E-state index contributed by atoms with van der Waals surface area (Å²) in [7, 11) is 2.08. The van der Waals surface area contributed by atoms with Crippen LogP contribution in [0.15, 0.2) is 29.0 Å². The van der Waals surface area contributed by atoms with Crippen molar-refractivity contribution in [3.05, 3.63) is 30.4 Å². The van der Waals surface area contributed by atoms with Gasteiger partial charge in [-0.2, -0.15) is 4.98 Å². The number of nitrogens with one attached hydrogen (secondary N) is 1. The van der Waals surface area contributed by atoms with Crippen molar-refractivity contribution >= 4 is 5.91 Å². The van der Waals surface area contributed by atoms with Gasteiger partial charge in [-0.1, -0.05) is 5.16 Å². The van der Waals surface area contributed by atoms with E-state index in [0.29, 0.717) is 50.0 Å². The fraction of sp³-hybridized carbons (Fsp3) is 0.556. The number of carbonyl (C=O) groups excluding carboxylic acids is 1. The number of ether oxygens (including phenoxy) is 1. The SMILES string of the molecule is CN1CCOC[C@H](CNC(=O)CCCc2nc(-c3ccncc3)no2)C1. The maximum absolute atomic E-state index is 12.0. The van der Waals surface area contributed by atoms with Crippen LogP contribution in [0, 0.1) is 5.92 Å². The molecular formula is C18H25N5O3. The minimum absolute atomic E-state index is 0.0470. The minimum atomic E-state index is 0.0470. The van der Waals surface area contributed by atoms with E-state index in [1.54, 1.807) is 12.4 Å². The molecule has 3 rings (SSSR count). The van der Waals surface area contributed by atoms with Crippen LogP contribution in [0.1, 0.15) is 18.7 Å². The number of nitrogens with zero attached hydrogens (tertiary/aromatic N) is 4. The number of amides is 1. The lowest BCUT2D eigenvalue weighted by atomic mass is 10.1. The van der Waals surface area contributed by atoms with Gasteiger partial charge in [-0.05, 0) is 25.6 Å². The highest BCUT2D eigenvalue weighted by atomic mass is 16.5. The molecule has 26 heavy (non-hydrogen) atoms. The normalized spacial score (nSPS) is 18.4. The highest BCUT2D eigenvalue weighted by molar-refractivity contribution is 5.75. The predicted octanol–water partition coefficient (Wildman–Crippen LogP) is 1.15. The Balaban J connectivity index is 1.37. The van der Waals surface area contributed by atoms with Crippen LogP contribution in [-0.2, 0) is 16.0 Å². The molecule has 0 spiro atoms. The Kier molecular flexibility index (Phi) is 6.68. The molecule has 140 valence electrons. The van der Waals surface area contributed by atoms with Crippen molar-refractivity contribution < 1.29 is 14.1 Å². The van der Waals surface area contributed by atoms with Crippen molar-refractivity contribution in [1.29, 1.82) is 0 Å². The van der Waals surface area contributed by atoms with E-state index in [1.807, 2.05) is 12.1 Å². The number of hydrogen-bond donors (Lipinski definition) is 1. The summed E-state index contributed by atoms with van der Waals surface area (Å²) in [6, 6.07) is 3.66. The van der Waals surface area contributed by atoms with Gasteiger partial charge in [0.15, 0.2) is 0 Å². The summed E-state index contributed by atoms with van der Waals surface area (Å²) in [5.74, 6) is 1.48. The molecule has 8 heteroatoms. The van der Waals surface area contributed by atoms with Crippen LogP contribution in [-0.4, -0.2) is 65.8 Å². The highest BCUT2D eigenvalue weighted by Gasteiger charge is 2.17. The van der Waals surface area contributed by atoms with Gasteiger partial charge in [0.2, 0.25) is 17.6 Å². The smallest absolute Gasteiger partial charge is 0.226 e. The summed E-state index contributed by atoms with van der Waals surface area (Å²) in [5, 5.41) is 6.96. The average Bonchev–Trinajstić information content (AvgIpc) is 3.02. The molecule has 0 aliphatic carbocycles. The van der Waals surface area contributed by atoms with Crippen molar-refractivity contribution in [3.63, 3.8) is 0 Å². The van der Waals surface area contributed by atoms with E-state index in [1.165, 1.54) is 0 Å². The lowest BCUT2D eigenvalue weighted by molar-refractivity contribution is -0.121. The van der Waals surface area contributed by atoms with E-state index in [9.17, 15) is 4.79 Å². The quantitative estimate of drug-likeness (QED) is 0.792. The summed E-state index contributed by atoms with van der Waals surface area (Å²) < 4.78 is 10.8. The summed E-state index contributed by atoms with van der Waals surface area (Å²) in [6.45, 7) is 3.99. The largest absolute Gasteiger partial charge is 0.380 e. The second kappa shape index (κ2) is 9.40. The highest BCUT2D eigenvalue weighted by Crippen LogP contribution is 2.15. The molecule has 8 nitrogen and oxygen atoms in total. The van der Waals surface area contributed by atoms with E-state index in [0.717, 1.165) is 25.3 Å². The number of pyridine rings is 1. The van der Waals surface area contributed by atoms with Gasteiger partial charge in [-0.3, -0.25) is 9.78 Å². The zero-order valence-electron chi connectivity index (χ0n) is 15.1. The molecule has 2 aromatic heterocycles. The molecule has 1 N–H and O–H groups in total. The van der Waals surface area contributed by atoms with Crippen LogP contribution in [0.3, 0.4) is 0 Å². The van der Waals surface area contributed by atoms with Crippen LogP contribution >= 0.6 is 0 Å². The number of carbonyl (C=O) groups is 1. The van der Waals surface area contributed by atoms with Crippen LogP contribution in [0.4, 0.5) is 0 Å². The molecule has 0 saturated carbocycles. The van der Waals surface area contributed by atoms with Crippen LogP contribution in [0.2, 0.25) is 0 Å². The van der Waals surface area contributed by atoms with Gasteiger partial charge in [-0.25, -0.2) is 0 Å². The summed E-state index contributed by atoms with van der Waals surface area (Å²) in [5.41, 5.74) is 0.864. The number of aryl methyl sites for hydroxylation is 1. The number of rotatable bonds is 7. The first-order valence-electron chi connectivity index (χ1n) is 8.96. The molecular weight excluding hydrogens is 334 g/mol. The molecule has 0 radical (unpaired) electrons. The lowest BCUT2D eigenvalue weighted by Crippen LogP contribution is -2.35. The van der Waals surface area contributed by atoms with Crippen molar-refractivity contribution in [1.82, 2.24) is 25.3 Å². The maximum Gasteiger partial charge on any atom is 0.226 e. The molecule has 1 saturated heterocycles. The first kappa shape index (κ1) is 18.5. The second-order valence-electron chi connectivity index (χ2n) is 6.61. The van der Waals surface area contributed by atoms with Gasteiger partial charge >= 0.3 is 0 Å². The Morgan fingerprint density at radius 3 is 3.08 bits per heavy atom. The Morgan fingerprint density at radius 1 is 1.38 bits per heavy atom. The Morgan fingerprint density at radius 2 is 2.23 bits per heavy atom. The average molecular weight is 359 g/mol. The molecule has 0 unspecified atom stereocenters. The second-order valence-corrected chi connectivity index (χ2v) is 6.61. The standard InChI is InChI=1S/C18H25N5O3/c1-23-9-10-25-13-14(12-23)11-20-16(24)3-2-4-17-21-18(22-26-17)15-5-7-19-8-6-15/h5-8,14H,2-4,9-13H2,1H3,(H,20,24)/t14-/m1/s1. The molecule has 1 amide bonds. The molecule has 1 fully saturated rings. The van der Waals surface area contributed by atoms with E-state index in [4.69, 9.17) is 9.26 Å². The third kappa shape index (κ3) is 5.60. The summed E-state index contributed by atoms with van der Waals surface area (Å²) >= 11 is 0. The van der Waals surface area contributed by atoms with Crippen molar-refractivity contribution in [2.75, 3.05) is 39.9 Å². The minimum Gasteiger partial charge on any atom is -0.380 e. The monoisotopic (exact) mass is 359 g/mol. The fourth-order valence-corrected chi connectivity index (χ4v) is 2.90. The van der Waals surface area contributed by atoms with Gasteiger partial charge in [0.05, 0.1) is 13.2 Å². The van der Waals surface area contributed by atoms with Crippen LogP contribution in [0.25, 0.3) is 11.4 Å². The molecule has 3 heterocycles. The van der Waals surface area contributed by atoms with Crippen LogP contribution in [0.5, 0.6) is 0 Å². The first-order valence-corrected chi connectivity index (χ1v) is 8.96. The molecule has 1 atom stereocenters. The summed E-state index contributed by atoms with van der Waals surface area (Å²) in [6.07, 6.45) is 5.07. The Bertz CT molecular complexity index is 691. The van der Waals surface area contributed by atoms with Gasteiger partial charge in [0.1, 0.15) is 0 Å². The van der Waals surface area contributed by atoms with E-state index in [-0.39, 0.29) is 5.91 Å². The molecule has 0 bridgehead atoms. The Labute approximate surface area is 152 Å². The zero-order valence-corrected chi connectivity index (χ0v) is 15.1. The molecule has 2 aromatic rings. The van der Waals surface area contributed by atoms with Gasteiger partial charge in [0, 0.05) is 56.4 Å². The zero-order chi connectivity index (χ0) is 18.2. The topological polar surface area (TPSA) is 93.4 Å². The molecule has 1 aliphatic heterocycles. The van der Waals surface area contributed by atoms with E-state index in [2.05, 4.69) is 32.4 Å². The summed E-state index contributed by atoms with van der Waals surface area (Å²) in [4.78, 5) is 22.6. The number of hydrogen-bond acceptors (Lipinski definition) is 7. The predicted molar refractivity (Wildman–Crippen MR) is 95.3 cm³/mol. The van der Waals surface area contributed by atoms with Gasteiger partial charge in [0.25, 0.3) is 0 Å². The van der Waals surface area contributed by atoms with Crippen molar-refractivity contribution in [2.24, 2.45) is 5.92 Å². The molecule has 0 aromatic carbocycles. The number of likely N-dealkylation sites (N-methyl/N-ethyl adjacent to an activating group) is 1. The molecule has 1 aliphatic rings. The lowest BCUT2D eigenvalue weighted by Gasteiger charge is -2.19. The third-order valence-electron chi connectivity index (χ3n) is 4.33. The first-order chi connectivity index (χ1) is 12.7. The number of aromatic nitrogens is 3. The van der Waals surface area contributed by atoms with Crippen molar-refractivity contribution in [3.8, 4) is 11.4 Å². The fourth-order valence-electron chi connectivity index (χ4n) is 2.90.